The third kappa shape index (κ3) is 4.56. The number of ether oxygens (including phenoxy) is 1. The molecule has 0 bridgehead atoms. The van der Waals surface area contributed by atoms with Crippen LogP contribution in [-0.2, 0) is 16.4 Å². The highest BCUT2D eigenvalue weighted by Crippen LogP contribution is 2.30. The molecule has 34 heavy (non-hydrogen) atoms. The van der Waals surface area contributed by atoms with Gasteiger partial charge in [-0.1, -0.05) is 20.3 Å². The monoisotopic (exact) mass is 486 g/mol. The standard InChI is InChI=1S/C26H31FN2O4S/c1-4-5-12-29-17-25(34(31,32)20-10-8-19(33-3)9-11-20)26(30)21-14-22(27)24(15-23(21)29)28-13-6-7-18(2)16-28/h8-11,14-15,17-18H,4-7,12-13,16H2,1-3H3/t18-/m0/s1. The van der Waals surface area contributed by atoms with Crippen LogP contribution >= 0.6 is 0 Å². The Kier molecular flexibility index (Phi) is 6.98. The van der Waals surface area contributed by atoms with Gasteiger partial charge in [-0.05, 0) is 61.6 Å². The van der Waals surface area contributed by atoms with Crippen LogP contribution in [0.3, 0.4) is 0 Å². The average Bonchev–Trinajstić information content (AvgIpc) is 2.83. The lowest BCUT2D eigenvalue weighted by atomic mass is 9.99. The van der Waals surface area contributed by atoms with Crippen molar-refractivity contribution in [3.05, 3.63) is 58.6 Å². The number of sulfone groups is 1. The Hall–Kier alpha value is -2.87. The molecule has 2 aromatic carbocycles. The van der Waals surface area contributed by atoms with Crippen molar-refractivity contribution in [3.63, 3.8) is 0 Å². The zero-order chi connectivity index (χ0) is 24.5. The van der Waals surface area contributed by atoms with Gasteiger partial charge in [0.05, 0.1) is 28.6 Å². The van der Waals surface area contributed by atoms with Crippen LogP contribution in [0, 0.1) is 11.7 Å². The first-order valence-corrected chi connectivity index (χ1v) is 13.3. The van der Waals surface area contributed by atoms with E-state index in [0.29, 0.717) is 29.4 Å². The molecular formula is C26H31FN2O4S. The predicted molar refractivity (Wildman–Crippen MR) is 132 cm³/mol. The number of nitrogens with zero attached hydrogens (tertiary/aromatic N) is 2. The molecule has 1 aliphatic rings. The summed E-state index contributed by atoms with van der Waals surface area (Å²) < 4.78 is 49.0. The number of fused-ring (bicyclic) bond motifs is 1. The van der Waals surface area contributed by atoms with E-state index in [2.05, 4.69) is 6.92 Å². The minimum absolute atomic E-state index is 0.00816. The number of benzene rings is 2. The molecule has 0 saturated carbocycles. The van der Waals surface area contributed by atoms with Crippen molar-refractivity contribution in [2.24, 2.45) is 5.92 Å². The highest BCUT2D eigenvalue weighted by molar-refractivity contribution is 7.91. The molecule has 2 heterocycles. The molecule has 0 amide bonds. The van der Waals surface area contributed by atoms with E-state index < -0.39 is 21.1 Å². The van der Waals surface area contributed by atoms with Crippen LogP contribution < -0.4 is 15.1 Å². The molecule has 8 heteroatoms. The molecule has 0 spiro atoms. The lowest BCUT2D eigenvalue weighted by Gasteiger charge is -2.33. The first-order chi connectivity index (χ1) is 16.3. The summed E-state index contributed by atoms with van der Waals surface area (Å²) in [6.07, 6.45) is 5.21. The largest absolute Gasteiger partial charge is 0.497 e. The number of hydrogen-bond donors (Lipinski definition) is 0. The molecule has 0 N–H and O–H groups in total. The Morgan fingerprint density at radius 1 is 1.18 bits per heavy atom. The fraction of sp³-hybridized carbons (Fsp3) is 0.423. The van der Waals surface area contributed by atoms with Crippen LogP contribution in [-0.4, -0.2) is 33.2 Å². The number of pyridine rings is 1. The number of anilines is 1. The summed E-state index contributed by atoms with van der Waals surface area (Å²) in [5.74, 6) is 0.474. The van der Waals surface area contributed by atoms with Gasteiger partial charge in [-0.15, -0.1) is 0 Å². The predicted octanol–water partition coefficient (Wildman–Crippen LogP) is 5.02. The molecule has 6 nitrogen and oxygen atoms in total. The first-order valence-electron chi connectivity index (χ1n) is 11.8. The topological polar surface area (TPSA) is 68.6 Å². The van der Waals surface area contributed by atoms with Gasteiger partial charge in [-0.2, -0.15) is 0 Å². The van der Waals surface area contributed by atoms with E-state index in [1.54, 1.807) is 10.6 Å². The molecule has 1 aliphatic heterocycles. The SMILES string of the molecule is CCCCn1cc(S(=O)(=O)c2ccc(OC)cc2)c(=O)c2cc(F)c(N3CCC[C@H](C)C3)cc21. The highest BCUT2D eigenvalue weighted by atomic mass is 32.2. The lowest BCUT2D eigenvalue weighted by Crippen LogP contribution is -2.35. The Morgan fingerprint density at radius 3 is 2.56 bits per heavy atom. The molecule has 1 atom stereocenters. The molecular weight excluding hydrogens is 455 g/mol. The second-order valence-electron chi connectivity index (χ2n) is 9.06. The normalized spacial score (nSPS) is 16.7. The summed E-state index contributed by atoms with van der Waals surface area (Å²) in [5.41, 5.74) is 0.340. The zero-order valence-corrected chi connectivity index (χ0v) is 20.7. The molecule has 1 fully saturated rings. The fourth-order valence-electron chi connectivity index (χ4n) is 4.61. The molecule has 3 aromatic rings. The van der Waals surface area contributed by atoms with Gasteiger partial charge in [-0.3, -0.25) is 4.79 Å². The van der Waals surface area contributed by atoms with Crippen molar-refractivity contribution in [3.8, 4) is 5.75 Å². The summed E-state index contributed by atoms with van der Waals surface area (Å²) in [5, 5.41) is 0.0806. The second kappa shape index (κ2) is 9.78. The number of methoxy groups -OCH3 is 1. The van der Waals surface area contributed by atoms with Crippen LogP contribution in [0.15, 0.2) is 57.2 Å². The molecule has 0 radical (unpaired) electrons. The van der Waals surface area contributed by atoms with Crippen LogP contribution in [0.4, 0.5) is 10.1 Å². The lowest BCUT2D eigenvalue weighted by molar-refractivity contribution is 0.414. The van der Waals surface area contributed by atoms with Crippen molar-refractivity contribution in [2.75, 3.05) is 25.1 Å². The van der Waals surface area contributed by atoms with E-state index in [9.17, 15) is 13.2 Å². The first kappa shape index (κ1) is 24.3. The molecule has 1 aromatic heterocycles. The van der Waals surface area contributed by atoms with Gasteiger partial charge in [0.1, 0.15) is 16.5 Å². The summed E-state index contributed by atoms with van der Waals surface area (Å²) in [4.78, 5) is 15.1. The Morgan fingerprint density at radius 2 is 1.91 bits per heavy atom. The van der Waals surface area contributed by atoms with Gasteiger partial charge in [0.2, 0.25) is 15.3 Å². The number of unbranched alkanes of at least 4 members (excludes halogenated alkanes) is 1. The average molecular weight is 487 g/mol. The molecule has 0 aliphatic carbocycles. The quantitative estimate of drug-likeness (QED) is 0.469. The Balaban J connectivity index is 1.90. The van der Waals surface area contributed by atoms with Gasteiger partial charge in [0.15, 0.2) is 0 Å². The number of rotatable bonds is 7. The second-order valence-corrected chi connectivity index (χ2v) is 11.0. The van der Waals surface area contributed by atoms with Crippen molar-refractivity contribution in [1.29, 1.82) is 0 Å². The maximum absolute atomic E-state index is 15.3. The van der Waals surface area contributed by atoms with Crippen molar-refractivity contribution in [2.45, 2.75) is 55.9 Å². The number of hydrogen-bond acceptors (Lipinski definition) is 5. The number of aromatic nitrogens is 1. The van der Waals surface area contributed by atoms with Crippen molar-refractivity contribution >= 4 is 26.4 Å². The van der Waals surface area contributed by atoms with Crippen LogP contribution in [0.2, 0.25) is 0 Å². The summed E-state index contributed by atoms with van der Waals surface area (Å²) in [7, 11) is -2.61. The van der Waals surface area contributed by atoms with E-state index >= 15 is 4.39 Å². The number of halogens is 1. The van der Waals surface area contributed by atoms with Crippen molar-refractivity contribution < 1.29 is 17.5 Å². The summed E-state index contributed by atoms with van der Waals surface area (Å²) in [6, 6.07) is 8.82. The van der Waals surface area contributed by atoms with E-state index in [1.165, 1.54) is 43.6 Å². The Bertz CT molecular complexity index is 1350. The molecule has 1 saturated heterocycles. The minimum Gasteiger partial charge on any atom is -0.497 e. The summed E-state index contributed by atoms with van der Waals surface area (Å²) >= 11 is 0. The van der Waals surface area contributed by atoms with Gasteiger partial charge in [-0.25, -0.2) is 12.8 Å². The summed E-state index contributed by atoms with van der Waals surface area (Å²) in [6.45, 7) is 6.24. The zero-order valence-electron chi connectivity index (χ0n) is 19.9. The van der Waals surface area contributed by atoms with Crippen LogP contribution in [0.25, 0.3) is 10.9 Å². The maximum atomic E-state index is 15.3. The third-order valence-corrected chi connectivity index (χ3v) is 8.29. The van der Waals surface area contributed by atoms with Gasteiger partial charge in [0.25, 0.3) is 0 Å². The maximum Gasteiger partial charge on any atom is 0.211 e. The van der Waals surface area contributed by atoms with Crippen molar-refractivity contribution in [1.82, 2.24) is 4.57 Å². The van der Waals surface area contributed by atoms with E-state index in [4.69, 9.17) is 4.74 Å². The van der Waals surface area contributed by atoms with Crippen LogP contribution in [0.5, 0.6) is 5.75 Å². The van der Waals surface area contributed by atoms with Gasteiger partial charge < -0.3 is 14.2 Å². The van der Waals surface area contributed by atoms with E-state index in [-0.39, 0.29) is 15.2 Å². The smallest absolute Gasteiger partial charge is 0.211 e. The highest BCUT2D eigenvalue weighted by Gasteiger charge is 2.26. The number of aryl methyl sites for hydroxylation is 1. The molecule has 4 rings (SSSR count). The van der Waals surface area contributed by atoms with E-state index in [0.717, 1.165) is 38.8 Å². The Labute approximate surface area is 199 Å². The number of piperidine rings is 1. The van der Waals surface area contributed by atoms with Crippen LogP contribution in [0.1, 0.15) is 39.5 Å². The van der Waals surface area contributed by atoms with E-state index in [1.807, 2.05) is 11.8 Å². The molecule has 0 unspecified atom stereocenters. The molecule has 182 valence electrons. The fourth-order valence-corrected chi connectivity index (χ4v) is 5.98. The van der Waals surface area contributed by atoms with Gasteiger partial charge >= 0.3 is 0 Å². The third-order valence-electron chi connectivity index (χ3n) is 6.53. The van der Waals surface area contributed by atoms with Gasteiger partial charge in [0, 0.05) is 25.8 Å². The minimum atomic E-state index is -4.11.